The number of nitrogens with zero attached hydrogens (tertiary/aromatic N) is 4. The summed E-state index contributed by atoms with van der Waals surface area (Å²) < 4.78 is 40.0. The Morgan fingerprint density at radius 3 is 2.67 bits per heavy atom. The maximum Gasteiger partial charge on any atom is 0.416 e. The van der Waals surface area contributed by atoms with E-state index in [1.807, 2.05) is 11.5 Å². The molecular weight excluding hydrogens is 321 g/mol. The van der Waals surface area contributed by atoms with Gasteiger partial charge in [-0.2, -0.15) is 13.2 Å². The number of halogens is 3. The topological polar surface area (TPSA) is 67.1 Å². The summed E-state index contributed by atoms with van der Waals surface area (Å²) in [6.45, 7) is 3.37. The molecule has 2 rings (SSSR count). The molecule has 0 atom stereocenters. The molecule has 1 aromatic carbocycles. The molecule has 0 saturated carbocycles. The van der Waals surface area contributed by atoms with E-state index in [-0.39, 0.29) is 6.54 Å². The van der Waals surface area contributed by atoms with E-state index in [2.05, 4.69) is 25.8 Å². The standard InChI is InChI=1S/C15H19F3N6/c1-3-24-10-22-23-13(24)9-21-14(19-2)20-8-11-5-4-6-12(7-11)15(16,17)18/h4-7,10H,3,8-9H2,1-2H3,(H2,19,20,21). The van der Waals surface area contributed by atoms with Gasteiger partial charge in [0.1, 0.15) is 6.33 Å². The van der Waals surface area contributed by atoms with Crippen LogP contribution in [-0.2, 0) is 25.8 Å². The van der Waals surface area contributed by atoms with Crippen LogP contribution in [0.4, 0.5) is 13.2 Å². The molecule has 0 aliphatic heterocycles. The molecule has 6 nitrogen and oxygen atoms in total. The van der Waals surface area contributed by atoms with Gasteiger partial charge in [-0.25, -0.2) is 0 Å². The highest BCUT2D eigenvalue weighted by Gasteiger charge is 2.30. The number of hydrogen-bond acceptors (Lipinski definition) is 3. The number of rotatable bonds is 5. The SMILES string of the molecule is CCn1cnnc1CNC(=NC)NCc1cccc(C(F)(F)F)c1. The molecule has 0 fully saturated rings. The highest BCUT2D eigenvalue weighted by Crippen LogP contribution is 2.29. The van der Waals surface area contributed by atoms with Gasteiger partial charge >= 0.3 is 6.18 Å². The second-order valence-electron chi connectivity index (χ2n) is 5.01. The molecule has 1 aromatic heterocycles. The Hall–Kier alpha value is -2.58. The molecule has 130 valence electrons. The van der Waals surface area contributed by atoms with Crippen LogP contribution in [0.3, 0.4) is 0 Å². The third-order valence-electron chi connectivity index (χ3n) is 3.39. The predicted molar refractivity (Wildman–Crippen MR) is 84.2 cm³/mol. The Balaban J connectivity index is 1.92. The summed E-state index contributed by atoms with van der Waals surface area (Å²) in [5, 5.41) is 13.9. The maximum absolute atomic E-state index is 12.7. The number of aromatic nitrogens is 3. The first-order valence-corrected chi connectivity index (χ1v) is 7.41. The van der Waals surface area contributed by atoms with Gasteiger partial charge in [0.25, 0.3) is 0 Å². The third-order valence-corrected chi connectivity index (χ3v) is 3.39. The van der Waals surface area contributed by atoms with E-state index in [0.29, 0.717) is 18.1 Å². The molecule has 1 heterocycles. The Morgan fingerprint density at radius 2 is 2.00 bits per heavy atom. The third kappa shape index (κ3) is 4.71. The van der Waals surface area contributed by atoms with Gasteiger partial charge in [0.05, 0.1) is 12.1 Å². The quantitative estimate of drug-likeness (QED) is 0.647. The average Bonchev–Trinajstić information content (AvgIpc) is 3.02. The lowest BCUT2D eigenvalue weighted by Crippen LogP contribution is -2.37. The number of aryl methyl sites for hydroxylation is 1. The molecule has 0 unspecified atom stereocenters. The molecule has 0 aliphatic carbocycles. The zero-order valence-electron chi connectivity index (χ0n) is 13.4. The van der Waals surface area contributed by atoms with Crippen molar-refractivity contribution in [1.29, 1.82) is 0 Å². The fourth-order valence-electron chi connectivity index (χ4n) is 2.11. The fraction of sp³-hybridized carbons (Fsp3) is 0.400. The van der Waals surface area contributed by atoms with Gasteiger partial charge in [0.2, 0.25) is 0 Å². The van der Waals surface area contributed by atoms with E-state index in [0.717, 1.165) is 24.5 Å². The minimum atomic E-state index is -4.35. The lowest BCUT2D eigenvalue weighted by Gasteiger charge is -2.13. The van der Waals surface area contributed by atoms with Crippen molar-refractivity contribution in [2.45, 2.75) is 32.7 Å². The molecule has 0 saturated heterocycles. The second-order valence-corrected chi connectivity index (χ2v) is 5.01. The molecule has 24 heavy (non-hydrogen) atoms. The van der Waals surface area contributed by atoms with Gasteiger partial charge in [0.15, 0.2) is 11.8 Å². The van der Waals surface area contributed by atoms with Gasteiger partial charge in [-0.15, -0.1) is 10.2 Å². The Kier molecular flexibility index (Phi) is 5.78. The molecule has 0 bridgehead atoms. The summed E-state index contributed by atoms with van der Waals surface area (Å²) in [5.74, 6) is 1.22. The second kappa shape index (κ2) is 7.80. The number of nitrogens with one attached hydrogen (secondary N) is 2. The Labute approximate surface area is 137 Å². The average molecular weight is 340 g/mol. The maximum atomic E-state index is 12.7. The predicted octanol–water partition coefficient (Wildman–Crippen LogP) is 2.18. The summed E-state index contributed by atoms with van der Waals surface area (Å²) >= 11 is 0. The Morgan fingerprint density at radius 1 is 1.25 bits per heavy atom. The number of guanidine groups is 1. The lowest BCUT2D eigenvalue weighted by molar-refractivity contribution is -0.137. The largest absolute Gasteiger partial charge is 0.416 e. The van der Waals surface area contributed by atoms with Gasteiger partial charge in [-0.1, -0.05) is 12.1 Å². The number of alkyl halides is 3. The normalized spacial score (nSPS) is 12.3. The number of aliphatic imine (C=N–C) groups is 1. The molecule has 0 spiro atoms. The summed E-state index contributed by atoms with van der Waals surface area (Å²) in [5.41, 5.74) is -0.148. The van der Waals surface area contributed by atoms with Gasteiger partial charge in [-0.05, 0) is 24.6 Å². The minimum absolute atomic E-state index is 0.226. The van der Waals surface area contributed by atoms with Gasteiger partial charge < -0.3 is 15.2 Å². The zero-order valence-corrected chi connectivity index (χ0v) is 13.4. The number of benzene rings is 1. The van der Waals surface area contributed by atoms with Crippen molar-refractivity contribution in [3.63, 3.8) is 0 Å². The van der Waals surface area contributed by atoms with Crippen molar-refractivity contribution in [2.75, 3.05) is 7.05 Å². The van der Waals surface area contributed by atoms with Crippen LogP contribution in [0.1, 0.15) is 23.9 Å². The van der Waals surface area contributed by atoms with E-state index in [1.165, 1.54) is 6.07 Å². The molecule has 9 heteroatoms. The van der Waals surface area contributed by atoms with Crippen molar-refractivity contribution < 1.29 is 13.2 Å². The molecule has 0 radical (unpaired) electrons. The van der Waals surface area contributed by atoms with Crippen LogP contribution in [0.5, 0.6) is 0 Å². The van der Waals surface area contributed by atoms with Crippen LogP contribution >= 0.6 is 0 Å². The van der Waals surface area contributed by atoms with Gasteiger partial charge in [0, 0.05) is 20.1 Å². The zero-order chi connectivity index (χ0) is 17.6. The monoisotopic (exact) mass is 340 g/mol. The van der Waals surface area contributed by atoms with Crippen molar-refractivity contribution in [3.8, 4) is 0 Å². The van der Waals surface area contributed by atoms with Crippen molar-refractivity contribution in [3.05, 3.63) is 47.5 Å². The summed E-state index contributed by atoms with van der Waals surface area (Å²) in [7, 11) is 1.59. The first-order chi connectivity index (χ1) is 11.4. The summed E-state index contributed by atoms with van der Waals surface area (Å²) in [6.07, 6.45) is -2.71. The fourth-order valence-corrected chi connectivity index (χ4v) is 2.11. The van der Waals surface area contributed by atoms with Crippen molar-refractivity contribution >= 4 is 5.96 Å². The molecule has 2 N–H and O–H groups in total. The van der Waals surface area contributed by atoms with Crippen molar-refractivity contribution in [1.82, 2.24) is 25.4 Å². The van der Waals surface area contributed by atoms with E-state index in [4.69, 9.17) is 0 Å². The number of hydrogen-bond donors (Lipinski definition) is 2. The summed E-state index contributed by atoms with van der Waals surface area (Å²) in [6, 6.07) is 5.19. The smallest absolute Gasteiger partial charge is 0.352 e. The highest BCUT2D eigenvalue weighted by atomic mass is 19.4. The van der Waals surface area contributed by atoms with Crippen LogP contribution in [0.2, 0.25) is 0 Å². The minimum Gasteiger partial charge on any atom is -0.352 e. The van der Waals surface area contributed by atoms with Crippen LogP contribution in [-0.4, -0.2) is 27.8 Å². The molecule has 0 aliphatic rings. The molecule has 0 amide bonds. The van der Waals surface area contributed by atoms with Crippen LogP contribution in [0.25, 0.3) is 0 Å². The molecular formula is C15H19F3N6. The van der Waals surface area contributed by atoms with Crippen LogP contribution < -0.4 is 10.6 Å². The van der Waals surface area contributed by atoms with E-state index < -0.39 is 11.7 Å². The first kappa shape index (κ1) is 17.8. The Bertz CT molecular complexity index is 693. The van der Waals surface area contributed by atoms with Crippen LogP contribution in [0, 0.1) is 0 Å². The first-order valence-electron chi connectivity index (χ1n) is 7.41. The summed E-state index contributed by atoms with van der Waals surface area (Å²) in [4.78, 5) is 4.04. The van der Waals surface area contributed by atoms with Gasteiger partial charge in [-0.3, -0.25) is 4.99 Å². The molecule has 2 aromatic rings. The van der Waals surface area contributed by atoms with E-state index in [1.54, 1.807) is 19.4 Å². The van der Waals surface area contributed by atoms with Crippen LogP contribution in [0.15, 0.2) is 35.6 Å². The highest BCUT2D eigenvalue weighted by molar-refractivity contribution is 5.79. The van der Waals surface area contributed by atoms with E-state index >= 15 is 0 Å². The lowest BCUT2D eigenvalue weighted by atomic mass is 10.1. The van der Waals surface area contributed by atoms with Crippen molar-refractivity contribution in [2.24, 2.45) is 4.99 Å². The van der Waals surface area contributed by atoms with E-state index in [9.17, 15) is 13.2 Å².